The zero-order valence-corrected chi connectivity index (χ0v) is 11.9. The zero-order chi connectivity index (χ0) is 11.3. The molecule has 3 heteroatoms. The van der Waals surface area contributed by atoms with Crippen LogP contribution in [0.4, 0.5) is 4.79 Å². The molecular weight excluding hydrogens is 315 g/mol. The quantitative estimate of drug-likeness (QED) is 0.560. The fourth-order valence-corrected chi connectivity index (χ4v) is 5.36. The molecular formula is C13H19IO2. The fraction of sp³-hybridized carbons (Fsp3) is 0.923. The standard InChI is InChI=1S/C13H19IO2/c1-2-13(16-12(14)15)10-4-8-3-9(6-10)7-11(13)5-8/h8-11H,2-7H2,1H3. The number of rotatable bonds is 2. The minimum absolute atomic E-state index is 0.0916. The van der Waals surface area contributed by atoms with Gasteiger partial charge in [0.1, 0.15) is 5.60 Å². The SMILES string of the molecule is CCC1(OC(=O)I)C2CC3CC(C2)CC1C3. The Labute approximate surface area is 111 Å². The molecule has 4 bridgehead atoms. The monoisotopic (exact) mass is 334 g/mol. The molecule has 0 aromatic rings. The normalized spacial score (nSPS) is 49.4. The molecule has 0 radical (unpaired) electrons. The first-order valence-electron chi connectivity index (χ1n) is 6.52. The van der Waals surface area contributed by atoms with Gasteiger partial charge in [-0.05, 0) is 62.2 Å². The van der Waals surface area contributed by atoms with Crippen LogP contribution < -0.4 is 0 Å². The number of ether oxygens (including phenoxy) is 1. The van der Waals surface area contributed by atoms with Crippen LogP contribution in [-0.2, 0) is 4.74 Å². The Balaban J connectivity index is 1.90. The van der Waals surface area contributed by atoms with Crippen LogP contribution in [-0.4, -0.2) is 9.58 Å². The van der Waals surface area contributed by atoms with Crippen LogP contribution in [0.1, 0.15) is 45.4 Å². The van der Waals surface area contributed by atoms with Crippen LogP contribution >= 0.6 is 22.6 Å². The topological polar surface area (TPSA) is 26.3 Å². The van der Waals surface area contributed by atoms with Crippen LogP contribution in [0.2, 0.25) is 0 Å². The minimum Gasteiger partial charge on any atom is -0.451 e. The summed E-state index contributed by atoms with van der Waals surface area (Å²) in [6.07, 6.45) is 7.70. The molecule has 4 rings (SSSR count). The number of hydrogen-bond acceptors (Lipinski definition) is 2. The Morgan fingerprint density at radius 2 is 1.69 bits per heavy atom. The van der Waals surface area contributed by atoms with Gasteiger partial charge in [-0.25, -0.2) is 4.79 Å². The number of carbonyl (C=O) groups excluding carboxylic acids is 1. The summed E-state index contributed by atoms with van der Waals surface area (Å²) in [6, 6.07) is 0. The van der Waals surface area contributed by atoms with Crippen molar-refractivity contribution in [2.75, 3.05) is 0 Å². The van der Waals surface area contributed by atoms with Crippen LogP contribution in [0.5, 0.6) is 0 Å². The van der Waals surface area contributed by atoms with Crippen molar-refractivity contribution < 1.29 is 9.53 Å². The lowest BCUT2D eigenvalue weighted by Crippen LogP contribution is -2.59. The molecule has 0 amide bonds. The van der Waals surface area contributed by atoms with E-state index in [-0.39, 0.29) is 9.58 Å². The molecule has 0 aromatic carbocycles. The van der Waals surface area contributed by atoms with Crippen molar-refractivity contribution in [3.63, 3.8) is 0 Å². The van der Waals surface area contributed by atoms with Crippen molar-refractivity contribution in [2.24, 2.45) is 23.7 Å². The van der Waals surface area contributed by atoms with E-state index < -0.39 is 0 Å². The second-order valence-corrected chi connectivity index (χ2v) is 6.83. The van der Waals surface area contributed by atoms with Gasteiger partial charge in [0, 0.05) is 0 Å². The van der Waals surface area contributed by atoms with Gasteiger partial charge in [-0.3, -0.25) is 0 Å². The maximum atomic E-state index is 11.4. The molecule has 16 heavy (non-hydrogen) atoms. The van der Waals surface area contributed by atoms with Crippen LogP contribution in [0.15, 0.2) is 0 Å². The van der Waals surface area contributed by atoms with Crippen molar-refractivity contribution in [3.05, 3.63) is 0 Å². The molecule has 0 unspecified atom stereocenters. The average molecular weight is 334 g/mol. The summed E-state index contributed by atoms with van der Waals surface area (Å²) < 4.78 is 5.71. The second kappa shape index (κ2) is 3.85. The number of halogens is 1. The van der Waals surface area contributed by atoms with Gasteiger partial charge in [0.2, 0.25) is 0 Å². The van der Waals surface area contributed by atoms with Crippen LogP contribution in [0, 0.1) is 23.7 Å². The summed E-state index contributed by atoms with van der Waals surface area (Å²) in [5, 5.41) is 0. The fourth-order valence-electron chi connectivity index (χ4n) is 4.95. The maximum absolute atomic E-state index is 11.4. The third kappa shape index (κ3) is 1.53. The van der Waals surface area contributed by atoms with Gasteiger partial charge in [-0.15, -0.1) is 0 Å². The lowest BCUT2D eigenvalue weighted by Gasteiger charge is -2.60. The van der Waals surface area contributed by atoms with E-state index in [1.807, 2.05) is 0 Å². The Bertz CT molecular complexity index is 285. The molecule has 0 N–H and O–H groups in total. The molecule has 0 spiro atoms. The molecule has 90 valence electrons. The highest BCUT2D eigenvalue weighted by Crippen LogP contribution is 2.60. The van der Waals surface area contributed by atoms with E-state index in [9.17, 15) is 4.79 Å². The summed E-state index contributed by atoms with van der Waals surface area (Å²) in [4.78, 5) is 11.4. The van der Waals surface area contributed by atoms with E-state index in [4.69, 9.17) is 4.74 Å². The molecule has 0 aliphatic heterocycles. The Kier molecular flexibility index (Phi) is 2.72. The van der Waals surface area contributed by atoms with Crippen LogP contribution in [0.3, 0.4) is 0 Å². The second-order valence-electron chi connectivity index (χ2n) is 5.95. The maximum Gasteiger partial charge on any atom is 0.367 e. The zero-order valence-electron chi connectivity index (χ0n) is 9.75. The lowest BCUT2D eigenvalue weighted by molar-refractivity contribution is -0.168. The van der Waals surface area contributed by atoms with Crippen molar-refractivity contribution in [1.82, 2.24) is 0 Å². The van der Waals surface area contributed by atoms with Gasteiger partial charge in [-0.2, -0.15) is 0 Å². The van der Waals surface area contributed by atoms with Crippen molar-refractivity contribution >= 4 is 26.6 Å². The van der Waals surface area contributed by atoms with Crippen LogP contribution in [0.25, 0.3) is 0 Å². The lowest BCUT2D eigenvalue weighted by atomic mass is 9.49. The third-order valence-electron chi connectivity index (χ3n) is 5.34. The van der Waals surface area contributed by atoms with Gasteiger partial charge in [-0.1, -0.05) is 6.92 Å². The van der Waals surface area contributed by atoms with Gasteiger partial charge < -0.3 is 4.74 Å². The smallest absolute Gasteiger partial charge is 0.367 e. The molecule has 0 heterocycles. The minimum atomic E-state index is -0.105. The molecule has 0 aromatic heterocycles. The first-order chi connectivity index (χ1) is 7.64. The van der Waals surface area contributed by atoms with E-state index >= 15 is 0 Å². The average Bonchev–Trinajstić information content (AvgIpc) is 2.22. The summed E-state index contributed by atoms with van der Waals surface area (Å²) >= 11 is 1.79. The molecule has 2 nitrogen and oxygen atoms in total. The predicted molar refractivity (Wildman–Crippen MR) is 70.6 cm³/mol. The summed E-state index contributed by atoms with van der Waals surface area (Å²) in [6.45, 7) is 2.20. The van der Waals surface area contributed by atoms with Crippen molar-refractivity contribution in [2.45, 2.75) is 51.0 Å². The van der Waals surface area contributed by atoms with Crippen molar-refractivity contribution in [1.29, 1.82) is 0 Å². The van der Waals surface area contributed by atoms with E-state index in [1.54, 1.807) is 22.6 Å². The molecule has 0 atom stereocenters. The summed E-state index contributed by atoms with van der Waals surface area (Å²) in [7, 11) is 0. The predicted octanol–water partition coefficient (Wildman–Crippen LogP) is 4.16. The summed E-state index contributed by atoms with van der Waals surface area (Å²) in [5.41, 5.74) is -0.0916. The molecule has 4 aliphatic rings. The Morgan fingerprint density at radius 1 is 1.19 bits per heavy atom. The van der Waals surface area contributed by atoms with Gasteiger partial charge in [0.25, 0.3) is 0 Å². The summed E-state index contributed by atoms with van der Waals surface area (Å²) in [5.74, 6) is 3.20. The van der Waals surface area contributed by atoms with E-state index in [2.05, 4.69) is 6.92 Å². The highest BCUT2D eigenvalue weighted by molar-refractivity contribution is 14.1. The highest BCUT2D eigenvalue weighted by Gasteiger charge is 2.58. The first kappa shape index (κ1) is 11.3. The number of carbonyl (C=O) groups is 1. The first-order valence-corrected chi connectivity index (χ1v) is 7.60. The number of hydrogen-bond donors (Lipinski definition) is 0. The Morgan fingerprint density at radius 3 is 2.06 bits per heavy atom. The van der Waals surface area contributed by atoms with Crippen molar-refractivity contribution in [3.8, 4) is 0 Å². The van der Waals surface area contributed by atoms with Gasteiger partial charge in [0.05, 0.1) is 22.6 Å². The third-order valence-corrected chi connectivity index (χ3v) is 5.56. The van der Waals surface area contributed by atoms with Gasteiger partial charge >= 0.3 is 3.98 Å². The molecule has 4 fully saturated rings. The Hall–Kier alpha value is 0.200. The van der Waals surface area contributed by atoms with E-state index in [0.717, 1.165) is 18.3 Å². The molecule has 4 aliphatic carbocycles. The largest absolute Gasteiger partial charge is 0.451 e. The molecule has 0 saturated heterocycles. The van der Waals surface area contributed by atoms with E-state index in [1.165, 1.54) is 32.1 Å². The highest BCUT2D eigenvalue weighted by atomic mass is 127. The van der Waals surface area contributed by atoms with Gasteiger partial charge in [0.15, 0.2) is 0 Å². The molecule has 4 saturated carbocycles. The van der Waals surface area contributed by atoms with E-state index in [0.29, 0.717) is 11.8 Å².